The minimum atomic E-state index is 0.326. The van der Waals surface area contributed by atoms with Crippen LogP contribution in [-0.2, 0) is 4.79 Å². The van der Waals surface area contributed by atoms with Crippen LogP contribution in [-0.4, -0.2) is 61.5 Å². The summed E-state index contributed by atoms with van der Waals surface area (Å²) in [4.78, 5) is 16.8. The van der Waals surface area contributed by atoms with Crippen LogP contribution in [0, 0.1) is 5.41 Å². The van der Waals surface area contributed by atoms with E-state index >= 15 is 0 Å². The SMILES string of the molecule is CN(CC(=O)N1CCNCC1)C1CCC12CCCCC2. The molecule has 1 unspecified atom stereocenters. The summed E-state index contributed by atoms with van der Waals surface area (Å²) in [5.74, 6) is 0.326. The third kappa shape index (κ3) is 2.73. The lowest BCUT2D eigenvalue weighted by atomic mass is 9.57. The van der Waals surface area contributed by atoms with Crippen molar-refractivity contribution < 1.29 is 4.79 Å². The van der Waals surface area contributed by atoms with Crippen LogP contribution >= 0.6 is 0 Å². The van der Waals surface area contributed by atoms with E-state index in [1.807, 2.05) is 4.90 Å². The van der Waals surface area contributed by atoms with Crippen molar-refractivity contribution in [3.05, 3.63) is 0 Å². The van der Waals surface area contributed by atoms with Crippen molar-refractivity contribution in [2.45, 2.75) is 51.0 Å². The topological polar surface area (TPSA) is 35.6 Å². The Bertz CT molecular complexity index is 346. The second-order valence-electron chi connectivity index (χ2n) is 7.02. The zero-order chi connectivity index (χ0) is 14.0. The van der Waals surface area contributed by atoms with Crippen LogP contribution in [0.15, 0.2) is 0 Å². The van der Waals surface area contributed by atoms with Gasteiger partial charge in [0.2, 0.25) is 5.91 Å². The van der Waals surface area contributed by atoms with Gasteiger partial charge in [0.15, 0.2) is 0 Å². The van der Waals surface area contributed by atoms with Gasteiger partial charge in [-0.3, -0.25) is 9.69 Å². The quantitative estimate of drug-likeness (QED) is 0.849. The van der Waals surface area contributed by atoms with E-state index in [1.165, 1.54) is 44.9 Å². The first-order chi connectivity index (χ1) is 9.71. The Morgan fingerprint density at radius 3 is 2.50 bits per heavy atom. The monoisotopic (exact) mass is 279 g/mol. The van der Waals surface area contributed by atoms with Crippen LogP contribution in [0.2, 0.25) is 0 Å². The summed E-state index contributed by atoms with van der Waals surface area (Å²) in [5.41, 5.74) is 0.566. The normalized spacial score (nSPS) is 29.5. The van der Waals surface area contributed by atoms with Gasteiger partial charge in [-0.25, -0.2) is 0 Å². The molecule has 4 nitrogen and oxygen atoms in total. The fourth-order valence-electron chi connectivity index (χ4n) is 4.55. The van der Waals surface area contributed by atoms with Gasteiger partial charge in [-0.15, -0.1) is 0 Å². The van der Waals surface area contributed by atoms with Gasteiger partial charge in [0.05, 0.1) is 6.54 Å². The van der Waals surface area contributed by atoms with Crippen molar-refractivity contribution in [3.63, 3.8) is 0 Å². The minimum Gasteiger partial charge on any atom is -0.339 e. The van der Waals surface area contributed by atoms with Crippen molar-refractivity contribution in [2.75, 3.05) is 39.8 Å². The van der Waals surface area contributed by atoms with Crippen LogP contribution < -0.4 is 5.32 Å². The number of amides is 1. The van der Waals surface area contributed by atoms with E-state index in [9.17, 15) is 4.79 Å². The molecule has 1 N–H and O–H groups in total. The number of hydrogen-bond donors (Lipinski definition) is 1. The molecule has 1 heterocycles. The van der Waals surface area contributed by atoms with Crippen LogP contribution in [0.5, 0.6) is 0 Å². The average Bonchev–Trinajstić information content (AvgIpc) is 2.47. The van der Waals surface area contributed by atoms with Gasteiger partial charge in [0.25, 0.3) is 0 Å². The first kappa shape index (κ1) is 14.3. The third-order valence-corrected chi connectivity index (χ3v) is 5.86. The number of hydrogen-bond acceptors (Lipinski definition) is 3. The lowest BCUT2D eigenvalue weighted by molar-refractivity contribution is -0.136. The van der Waals surface area contributed by atoms with Crippen molar-refractivity contribution in [2.24, 2.45) is 5.41 Å². The molecular formula is C16H29N3O. The molecule has 114 valence electrons. The Morgan fingerprint density at radius 1 is 1.20 bits per heavy atom. The second-order valence-corrected chi connectivity index (χ2v) is 7.02. The lowest BCUT2D eigenvalue weighted by Crippen LogP contribution is -2.57. The van der Waals surface area contributed by atoms with Gasteiger partial charge in [0, 0.05) is 32.2 Å². The third-order valence-electron chi connectivity index (χ3n) is 5.86. The van der Waals surface area contributed by atoms with Crippen LogP contribution in [0.1, 0.15) is 44.9 Å². The van der Waals surface area contributed by atoms with E-state index in [2.05, 4.69) is 17.3 Å². The van der Waals surface area contributed by atoms with Crippen LogP contribution in [0.25, 0.3) is 0 Å². The smallest absolute Gasteiger partial charge is 0.236 e. The Balaban J connectivity index is 1.53. The summed E-state index contributed by atoms with van der Waals surface area (Å²) < 4.78 is 0. The van der Waals surface area contributed by atoms with Crippen molar-refractivity contribution >= 4 is 5.91 Å². The average molecular weight is 279 g/mol. The molecular weight excluding hydrogens is 250 g/mol. The van der Waals surface area contributed by atoms with E-state index < -0.39 is 0 Å². The molecule has 1 amide bonds. The predicted molar refractivity (Wildman–Crippen MR) is 80.6 cm³/mol. The second kappa shape index (κ2) is 6.02. The Hall–Kier alpha value is -0.610. The van der Waals surface area contributed by atoms with Gasteiger partial charge >= 0.3 is 0 Å². The van der Waals surface area contributed by atoms with Crippen molar-refractivity contribution in [3.8, 4) is 0 Å². The maximum atomic E-state index is 12.4. The van der Waals surface area contributed by atoms with Gasteiger partial charge in [0.1, 0.15) is 0 Å². The Labute approximate surface area is 122 Å². The standard InChI is InChI=1S/C16H29N3O/c1-18(13-15(20)19-11-9-17-10-12-19)14-5-8-16(14)6-3-2-4-7-16/h14,17H,2-13H2,1H3. The number of carbonyl (C=O) groups is 1. The highest BCUT2D eigenvalue weighted by molar-refractivity contribution is 5.78. The summed E-state index contributed by atoms with van der Waals surface area (Å²) in [6, 6.07) is 0.662. The fraction of sp³-hybridized carbons (Fsp3) is 0.938. The first-order valence-electron chi connectivity index (χ1n) is 8.40. The molecule has 0 bridgehead atoms. The Kier molecular flexibility index (Phi) is 4.32. The number of rotatable bonds is 3. The molecule has 3 aliphatic rings. The van der Waals surface area contributed by atoms with Gasteiger partial charge < -0.3 is 10.2 Å². The number of nitrogens with zero attached hydrogens (tertiary/aromatic N) is 2. The van der Waals surface area contributed by atoms with Gasteiger partial charge in [-0.1, -0.05) is 19.3 Å². The molecule has 1 aliphatic heterocycles. The molecule has 3 fully saturated rings. The minimum absolute atomic E-state index is 0.326. The zero-order valence-electron chi connectivity index (χ0n) is 12.9. The summed E-state index contributed by atoms with van der Waals surface area (Å²) >= 11 is 0. The maximum absolute atomic E-state index is 12.4. The number of nitrogens with one attached hydrogen (secondary N) is 1. The fourth-order valence-corrected chi connectivity index (χ4v) is 4.55. The maximum Gasteiger partial charge on any atom is 0.236 e. The van der Waals surface area contributed by atoms with Crippen molar-refractivity contribution in [1.82, 2.24) is 15.1 Å². The molecule has 0 aromatic rings. The molecule has 1 atom stereocenters. The largest absolute Gasteiger partial charge is 0.339 e. The predicted octanol–water partition coefficient (Wildman–Crippen LogP) is 1.46. The lowest BCUT2D eigenvalue weighted by Gasteiger charge is -2.55. The van der Waals surface area contributed by atoms with Gasteiger partial charge in [-0.05, 0) is 38.1 Å². The van der Waals surface area contributed by atoms with E-state index in [-0.39, 0.29) is 0 Å². The van der Waals surface area contributed by atoms with E-state index in [1.54, 1.807) is 0 Å². The van der Waals surface area contributed by atoms with Crippen molar-refractivity contribution in [1.29, 1.82) is 0 Å². The highest BCUT2D eigenvalue weighted by atomic mass is 16.2. The number of likely N-dealkylation sites (N-methyl/N-ethyl adjacent to an activating group) is 1. The molecule has 0 aromatic carbocycles. The highest BCUT2D eigenvalue weighted by Gasteiger charge is 2.48. The first-order valence-corrected chi connectivity index (χ1v) is 8.40. The summed E-state index contributed by atoms with van der Waals surface area (Å²) in [7, 11) is 2.17. The molecule has 1 spiro atoms. The summed E-state index contributed by atoms with van der Waals surface area (Å²) in [6.07, 6.45) is 9.69. The van der Waals surface area contributed by atoms with E-state index in [4.69, 9.17) is 0 Å². The summed E-state index contributed by atoms with van der Waals surface area (Å²) in [6.45, 7) is 4.27. The molecule has 2 saturated carbocycles. The van der Waals surface area contributed by atoms with E-state index in [0.717, 1.165) is 26.2 Å². The Morgan fingerprint density at radius 2 is 1.90 bits per heavy atom. The molecule has 1 saturated heterocycles. The molecule has 4 heteroatoms. The van der Waals surface area contributed by atoms with Crippen LogP contribution in [0.3, 0.4) is 0 Å². The molecule has 3 rings (SSSR count). The zero-order valence-corrected chi connectivity index (χ0v) is 12.9. The molecule has 20 heavy (non-hydrogen) atoms. The summed E-state index contributed by atoms with van der Waals surface area (Å²) in [5, 5.41) is 3.31. The van der Waals surface area contributed by atoms with E-state index in [0.29, 0.717) is 23.9 Å². The van der Waals surface area contributed by atoms with Gasteiger partial charge in [-0.2, -0.15) is 0 Å². The van der Waals surface area contributed by atoms with Crippen LogP contribution in [0.4, 0.5) is 0 Å². The number of piperazine rings is 1. The molecule has 0 aromatic heterocycles. The molecule has 0 radical (unpaired) electrons. The molecule has 2 aliphatic carbocycles. The highest BCUT2D eigenvalue weighted by Crippen LogP contribution is 2.53. The number of carbonyl (C=O) groups excluding carboxylic acids is 1.